The Labute approximate surface area is 83.6 Å². The fourth-order valence-electron chi connectivity index (χ4n) is 0.946. The van der Waals surface area contributed by atoms with Crippen molar-refractivity contribution < 1.29 is 4.74 Å². The van der Waals surface area contributed by atoms with Gasteiger partial charge in [-0.1, -0.05) is 12.1 Å². The standard InChI is InChI=1S/C10H14ClNO/c1-8(12)7-13-10-4-2-3-9(5-10)6-11/h2-5,8H,6-7,12H2,1H3. The summed E-state index contributed by atoms with van der Waals surface area (Å²) in [6, 6.07) is 7.77. The molecule has 13 heavy (non-hydrogen) atoms. The van der Waals surface area contributed by atoms with E-state index in [-0.39, 0.29) is 6.04 Å². The van der Waals surface area contributed by atoms with Crippen LogP contribution in [-0.4, -0.2) is 12.6 Å². The highest BCUT2D eigenvalue weighted by Crippen LogP contribution is 2.14. The Kier molecular flexibility index (Phi) is 4.06. The molecule has 0 saturated heterocycles. The summed E-state index contributed by atoms with van der Waals surface area (Å²) in [6.45, 7) is 2.44. The topological polar surface area (TPSA) is 35.2 Å². The molecule has 0 fully saturated rings. The minimum absolute atomic E-state index is 0.0552. The quantitative estimate of drug-likeness (QED) is 0.755. The van der Waals surface area contributed by atoms with Gasteiger partial charge in [0.1, 0.15) is 12.4 Å². The maximum absolute atomic E-state index is 5.68. The summed E-state index contributed by atoms with van der Waals surface area (Å²) in [4.78, 5) is 0. The minimum Gasteiger partial charge on any atom is -0.492 e. The van der Waals surface area contributed by atoms with E-state index in [0.29, 0.717) is 12.5 Å². The van der Waals surface area contributed by atoms with Crippen molar-refractivity contribution in [2.45, 2.75) is 18.8 Å². The molecule has 0 aliphatic rings. The molecular weight excluding hydrogens is 186 g/mol. The number of hydrogen-bond donors (Lipinski definition) is 1. The van der Waals surface area contributed by atoms with Gasteiger partial charge in [-0.3, -0.25) is 0 Å². The van der Waals surface area contributed by atoms with Crippen molar-refractivity contribution in [3.8, 4) is 5.75 Å². The lowest BCUT2D eigenvalue weighted by atomic mass is 10.2. The summed E-state index contributed by atoms with van der Waals surface area (Å²) in [5, 5.41) is 0. The summed E-state index contributed by atoms with van der Waals surface area (Å²) >= 11 is 5.68. The zero-order valence-corrected chi connectivity index (χ0v) is 8.42. The highest BCUT2D eigenvalue weighted by Gasteiger charge is 1.97. The van der Waals surface area contributed by atoms with Gasteiger partial charge in [0.15, 0.2) is 0 Å². The fourth-order valence-corrected chi connectivity index (χ4v) is 1.11. The lowest BCUT2D eigenvalue weighted by Gasteiger charge is -2.08. The van der Waals surface area contributed by atoms with E-state index in [2.05, 4.69) is 0 Å². The average molecular weight is 200 g/mol. The average Bonchev–Trinajstić information content (AvgIpc) is 2.15. The fraction of sp³-hybridized carbons (Fsp3) is 0.400. The van der Waals surface area contributed by atoms with Gasteiger partial charge in [0.05, 0.1) is 0 Å². The Morgan fingerprint density at radius 1 is 1.54 bits per heavy atom. The molecule has 1 rings (SSSR count). The first-order chi connectivity index (χ1) is 6.22. The van der Waals surface area contributed by atoms with Gasteiger partial charge in [-0.2, -0.15) is 0 Å². The van der Waals surface area contributed by atoms with Crippen molar-refractivity contribution in [1.82, 2.24) is 0 Å². The second-order valence-electron chi connectivity index (χ2n) is 3.07. The zero-order chi connectivity index (χ0) is 9.68. The third-order valence-corrected chi connectivity index (χ3v) is 1.87. The number of alkyl halides is 1. The number of rotatable bonds is 4. The van der Waals surface area contributed by atoms with Gasteiger partial charge < -0.3 is 10.5 Å². The third kappa shape index (κ3) is 3.66. The van der Waals surface area contributed by atoms with Crippen LogP contribution in [0.3, 0.4) is 0 Å². The van der Waals surface area contributed by atoms with E-state index in [0.717, 1.165) is 11.3 Å². The van der Waals surface area contributed by atoms with Crippen LogP contribution < -0.4 is 10.5 Å². The number of benzene rings is 1. The first-order valence-electron chi connectivity index (χ1n) is 4.25. The van der Waals surface area contributed by atoms with Gasteiger partial charge in [0, 0.05) is 11.9 Å². The summed E-state index contributed by atoms with van der Waals surface area (Å²) in [6.07, 6.45) is 0. The molecule has 1 aromatic rings. The van der Waals surface area contributed by atoms with Gasteiger partial charge in [-0.15, -0.1) is 11.6 Å². The van der Waals surface area contributed by atoms with Crippen LogP contribution in [0.1, 0.15) is 12.5 Å². The first kappa shape index (κ1) is 10.4. The Hall–Kier alpha value is -0.730. The normalized spacial score (nSPS) is 12.5. The van der Waals surface area contributed by atoms with Crippen LogP contribution in [0.2, 0.25) is 0 Å². The SMILES string of the molecule is CC(N)COc1cccc(CCl)c1. The Morgan fingerprint density at radius 3 is 2.92 bits per heavy atom. The lowest BCUT2D eigenvalue weighted by Crippen LogP contribution is -2.23. The van der Waals surface area contributed by atoms with Gasteiger partial charge >= 0.3 is 0 Å². The second kappa shape index (κ2) is 5.10. The number of hydrogen-bond acceptors (Lipinski definition) is 2. The van der Waals surface area contributed by atoms with Crippen LogP contribution in [0.15, 0.2) is 24.3 Å². The highest BCUT2D eigenvalue weighted by molar-refractivity contribution is 6.17. The van der Waals surface area contributed by atoms with Crippen molar-refractivity contribution in [3.63, 3.8) is 0 Å². The molecule has 0 bridgehead atoms. The molecule has 0 aliphatic heterocycles. The Balaban J connectivity index is 2.56. The predicted octanol–water partition coefficient (Wildman–Crippen LogP) is 2.15. The van der Waals surface area contributed by atoms with Crippen molar-refractivity contribution in [2.24, 2.45) is 5.73 Å². The predicted molar refractivity (Wildman–Crippen MR) is 55.1 cm³/mol. The van der Waals surface area contributed by atoms with Crippen molar-refractivity contribution in [2.75, 3.05) is 6.61 Å². The molecule has 0 saturated carbocycles. The molecule has 2 nitrogen and oxygen atoms in total. The molecule has 72 valence electrons. The van der Waals surface area contributed by atoms with Crippen molar-refractivity contribution >= 4 is 11.6 Å². The summed E-state index contributed by atoms with van der Waals surface area (Å²) in [7, 11) is 0. The monoisotopic (exact) mass is 199 g/mol. The number of nitrogens with two attached hydrogens (primary N) is 1. The van der Waals surface area contributed by atoms with E-state index in [9.17, 15) is 0 Å². The zero-order valence-electron chi connectivity index (χ0n) is 7.66. The molecule has 0 aromatic heterocycles. The van der Waals surface area contributed by atoms with Crippen molar-refractivity contribution in [3.05, 3.63) is 29.8 Å². The molecule has 1 unspecified atom stereocenters. The molecule has 0 spiro atoms. The minimum atomic E-state index is 0.0552. The second-order valence-corrected chi connectivity index (χ2v) is 3.34. The van der Waals surface area contributed by atoms with Crippen LogP contribution in [0, 0.1) is 0 Å². The van der Waals surface area contributed by atoms with Crippen LogP contribution in [-0.2, 0) is 5.88 Å². The summed E-state index contributed by atoms with van der Waals surface area (Å²) in [5.74, 6) is 1.34. The molecule has 0 aliphatic carbocycles. The molecule has 3 heteroatoms. The first-order valence-corrected chi connectivity index (χ1v) is 4.79. The van der Waals surface area contributed by atoms with Crippen molar-refractivity contribution in [1.29, 1.82) is 0 Å². The highest BCUT2D eigenvalue weighted by atomic mass is 35.5. The molecule has 1 aromatic carbocycles. The van der Waals surface area contributed by atoms with E-state index < -0.39 is 0 Å². The number of ether oxygens (including phenoxy) is 1. The molecule has 0 heterocycles. The van der Waals surface area contributed by atoms with E-state index in [1.807, 2.05) is 31.2 Å². The van der Waals surface area contributed by atoms with Gasteiger partial charge in [-0.25, -0.2) is 0 Å². The maximum atomic E-state index is 5.68. The largest absolute Gasteiger partial charge is 0.492 e. The van der Waals surface area contributed by atoms with Crippen LogP contribution >= 0.6 is 11.6 Å². The molecule has 0 radical (unpaired) electrons. The Bertz CT molecular complexity index is 263. The molecule has 2 N–H and O–H groups in total. The van der Waals surface area contributed by atoms with E-state index in [1.54, 1.807) is 0 Å². The molecule has 1 atom stereocenters. The van der Waals surface area contributed by atoms with Crippen LogP contribution in [0.25, 0.3) is 0 Å². The van der Waals surface area contributed by atoms with E-state index in [1.165, 1.54) is 0 Å². The van der Waals surface area contributed by atoms with Gasteiger partial charge in [-0.05, 0) is 24.6 Å². The number of halogens is 1. The molecule has 0 amide bonds. The van der Waals surface area contributed by atoms with Gasteiger partial charge in [0.25, 0.3) is 0 Å². The van der Waals surface area contributed by atoms with E-state index in [4.69, 9.17) is 22.1 Å². The smallest absolute Gasteiger partial charge is 0.119 e. The maximum Gasteiger partial charge on any atom is 0.119 e. The van der Waals surface area contributed by atoms with E-state index >= 15 is 0 Å². The molecular formula is C10H14ClNO. The summed E-state index contributed by atoms with van der Waals surface area (Å²) in [5.41, 5.74) is 6.62. The van der Waals surface area contributed by atoms with Crippen LogP contribution in [0.4, 0.5) is 0 Å². The third-order valence-electron chi connectivity index (χ3n) is 1.57. The lowest BCUT2D eigenvalue weighted by molar-refractivity contribution is 0.296. The Morgan fingerprint density at radius 2 is 2.31 bits per heavy atom. The summed E-state index contributed by atoms with van der Waals surface area (Å²) < 4.78 is 5.43. The van der Waals surface area contributed by atoms with Gasteiger partial charge in [0.2, 0.25) is 0 Å². The van der Waals surface area contributed by atoms with Crippen LogP contribution in [0.5, 0.6) is 5.75 Å².